The molecule has 2 aromatic carbocycles. The number of hydrogen-bond acceptors (Lipinski definition) is 8. The molecule has 0 aliphatic heterocycles. The molecule has 0 amide bonds. The number of pyridine rings is 1. The van der Waals surface area contributed by atoms with Crippen molar-refractivity contribution in [3.05, 3.63) is 58.8 Å². The highest BCUT2D eigenvalue weighted by Gasteiger charge is 2.29. The maximum absolute atomic E-state index is 12.4. The van der Waals surface area contributed by atoms with Gasteiger partial charge in [0.25, 0.3) is 0 Å². The summed E-state index contributed by atoms with van der Waals surface area (Å²) >= 11 is 0. The van der Waals surface area contributed by atoms with Crippen LogP contribution in [0.1, 0.15) is 6.92 Å². The predicted octanol–water partition coefficient (Wildman–Crippen LogP) is -0.729. The molecule has 0 aliphatic rings. The molecule has 0 spiro atoms. The molecular weight excluding hydrogens is 432 g/mol. The molecule has 0 bridgehead atoms. The van der Waals surface area contributed by atoms with E-state index >= 15 is 0 Å². The summed E-state index contributed by atoms with van der Waals surface area (Å²) in [6, 6.07) is 14.2. The van der Waals surface area contributed by atoms with Gasteiger partial charge in [-0.15, -0.1) is 0 Å². The summed E-state index contributed by atoms with van der Waals surface area (Å²) in [5, 5.41) is 58.2. The summed E-state index contributed by atoms with van der Waals surface area (Å²) in [5.41, 5.74) is 1.23. The molecule has 0 fully saturated rings. The molecule has 33 heavy (non-hydrogen) atoms. The molecule has 0 saturated heterocycles. The number of hydrogen-bond donors (Lipinski definition) is 7. The second-order valence-electron chi connectivity index (χ2n) is 7.45. The number of carboxylic acid groups (broad SMARTS) is 1. The highest BCUT2D eigenvalue weighted by Crippen LogP contribution is 2.18. The Morgan fingerprint density at radius 2 is 1.39 bits per heavy atom. The first-order chi connectivity index (χ1) is 15.7. The molecule has 4 atom stereocenters. The van der Waals surface area contributed by atoms with Crippen LogP contribution >= 0.6 is 0 Å². The average Bonchev–Trinajstić information content (AvgIpc) is 2.83. The molecule has 10 nitrogen and oxygen atoms in total. The molecular formula is C23H30N2O8. The fourth-order valence-corrected chi connectivity index (χ4v) is 3.36. The highest BCUT2D eigenvalue weighted by atomic mass is 16.4. The van der Waals surface area contributed by atoms with Crippen molar-refractivity contribution in [1.29, 1.82) is 0 Å². The monoisotopic (exact) mass is 462 g/mol. The van der Waals surface area contributed by atoms with E-state index in [0.717, 1.165) is 0 Å². The summed E-state index contributed by atoms with van der Waals surface area (Å²) in [6.07, 6.45) is -5.64. The average molecular weight is 462 g/mol. The first-order valence-electron chi connectivity index (χ1n) is 10.5. The number of aliphatic carboxylic acids is 1. The van der Waals surface area contributed by atoms with Gasteiger partial charge in [0.2, 0.25) is 0 Å². The van der Waals surface area contributed by atoms with E-state index < -0.39 is 37.0 Å². The molecule has 7 N–H and O–H groups in total. The van der Waals surface area contributed by atoms with E-state index in [1.165, 1.54) is 0 Å². The lowest BCUT2D eigenvalue weighted by Gasteiger charge is -2.25. The van der Waals surface area contributed by atoms with Gasteiger partial charge < -0.3 is 40.5 Å². The summed E-state index contributed by atoms with van der Waals surface area (Å²) in [4.78, 5) is 23.4. The Morgan fingerprint density at radius 3 is 1.85 bits per heavy atom. The lowest BCUT2D eigenvalue weighted by Crippen LogP contribution is -2.49. The minimum absolute atomic E-state index is 0.0622. The van der Waals surface area contributed by atoms with Gasteiger partial charge in [-0.3, -0.25) is 9.59 Å². The van der Waals surface area contributed by atoms with Gasteiger partial charge in [0, 0.05) is 17.3 Å². The molecule has 3 rings (SSSR count). The number of aliphatic hydroxyl groups is 5. The van der Waals surface area contributed by atoms with Crippen molar-refractivity contribution in [2.45, 2.75) is 37.9 Å². The largest absolute Gasteiger partial charge is 0.480 e. The number of aromatic nitrogens is 1. The van der Waals surface area contributed by atoms with Crippen LogP contribution in [0.25, 0.3) is 21.8 Å². The second-order valence-corrected chi connectivity index (χ2v) is 7.45. The zero-order valence-electron chi connectivity index (χ0n) is 18.2. The fourth-order valence-electron chi connectivity index (χ4n) is 3.36. The number of fused-ring (bicyclic) bond motifs is 2. The van der Waals surface area contributed by atoms with E-state index in [-0.39, 0.29) is 18.5 Å². The molecule has 0 radical (unpaired) electrons. The lowest BCUT2D eigenvalue weighted by atomic mass is 10.0. The van der Waals surface area contributed by atoms with E-state index in [1.54, 1.807) is 53.1 Å². The van der Waals surface area contributed by atoms with Crippen molar-refractivity contribution in [3.8, 4) is 0 Å². The van der Waals surface area contributed by atoms with Gasteiger partial charge in [-0.25, -0.2) is 0 Å². The minimum Gasteiger partial charge on any atom is -0.480 e. The maximum atomic E-state index is 12.4. The number of carbonyl (C=O) groups is 1. The van der Waals surface area contributed by atoms with Gasteiger partial charge in [-0.2, -0.15) is 0 Å². The highest BCUT2D eigenvalue weighted by molar-refractivity contribution is 5.94. The lowest BCUT2D eigenvalue weighted by molar-refractivity contribution is -0.137. The summed E-state index contributed by atoms with van der Waals surface area (Å²) in [6.45, 7) is 1.75. The fraction of sp³-hybridized carbons (Fsp3) is 0.391. The molecule has 180 valence electrons. The Morgan fingerprint density at radius 1 is 0.909 bits per heavy atom. The Balaban J connectivity index is 0.000000248. The van der Waals surface area contributed by atoms with Crippen LogP contribution in [0.15, 0.2) is 53.3 Å². The summed E-state index contributed by atoms with van der Waals surface area (Å²) in [5.74, 6) is -0.932. The first kappa shape index (κ1) is 26.4. The van der Waals surface area contributed by atoms with Gasteiger partial charge in [-0.05, 0) is 30.8 Å². The quantitative estimate of drug-likeness (QED) is 0.202. The van der Waals surface area contributed by atoms with Gasteiger partial charge in [0.1, 0.15) is 24.9 Å². The zero-order chi connectivity index (χ0) is 24.5. The number of aliphatic hydroxyl groups excluding tert-OH is 5. The topological polar surface area (TPSA) is 172 Å². The number of carboxylic acids is 1. The third-order valence-electron chi connectivity index (χ3n) is 5.10. The molecule has 1 heterocycles. The Kier molecular flexibility index (Phi) is 9.92. The van der Waals surface area contributed by atoms with Crippen LogP contribution in [-0.2, 0) is 11.3 Å². The predicted molar refractivity (Wildman–Crippen MR) is 123 cm³/mol. The number of benzene rings is 2. The van der Waals surface area contributed by atoms with Crippen LogP contribution in [0.4, 0.5) is 0 Å². The molecule has 3 aromatic rings. The SMILES string of the molecule is CCNC[C@H](O)[C@@H](O)[C@@H](O)[C@H](O)CO.O=C(O)Cn1c2ccccc2c(=O)c2ccccc21. The molecule has 0 aliphatic carbocycles. The van der Waals surface area contributed by atoms with Crippen molar-refractivity contribution >= 4 is 27.8 Å². The van der Waals surface area contributed by atoms with E-state index in [1.807, 2.05) is 6.92 Å². The van der Waals surface area contributed by atoms with E-state index in [9.17, 15) is 24.9 Å². The van der Waals surface area contributed by atoms with Gasteiger partial charge in [0.15, 0.2) is 5.43 Å². The number of para-hydroxylation sites is 2. The normalized spacial score (nSPS) is 14.8. The van der Waals surface area contributed by atoms with Crippen LogP contribution in [-0.4, -0.2) is 85.3 Å². The van der Waals surface area contributed by atoms with Crippen molar-refractivity contribution < 1.29 is 35.4 Å². The first-order valence-corrected chi connectivity index (χ1v) is 10.5. The second kappa shape index (κ2) is 12.4. The molecule has 0 unspecified atom stereocenters. The van der Waals surface area contributed by atoms with Crippen molar-refractivity contribution in [2.75, 3.05) is 19.7 Å². The Hall–Kier alpha value is -2.86. The number of likely N-dealkylation sites (N-methyl/N-ethyl adjacent to an activating group) is 1. The Labute approximate surface area is 190 Å². The third-order valence-corrected chi connectivity index (χ3v) is 5.10. The van der Waals surface area contributed by atoms with E-state index in [4.69, 9.17) is 15.3 Å². The number of rotatable bonds is 9. The van der Waals surface area contributed by atoms with Gasteiger partial charge in [-0.1, -0.05) is 31.2 Å². The minimum atomic E-state index is -1.55. The maximum Gasteiger partial charge on any atom is 0.323 e. The van der Waals surface area contributed by atoms with E-state index in [2.05, 4.69) is 5.32 Å². The van der Waals surface area contributed by atoms with Crippen LogP contribution in [0.2, 0.25) is 0 Å². The molecule has 1 aromatic heterocycles. The number of nitrogens with zero attached hydrogens (tertiary/aromatic N) is 1. The Bertz CT molecular complexity index is 1060. The van der Waals surface area contributed by atoms with Crippen molar-refractivity contribution in [2.24, 2.45) is 0 Å². The number of nitrogens with one attached hydrogen (secondary N) is 1. The van der Waals surface area contributed by atoms with Crippen molar-refractivity contribution in [3.63, 3.8) is 0 Å². The van der Waals surface area contributed by atoms with Gasteiger partial charge >= 0.3 is 5.97 Å². The van der Waals surface area contributed by atoms with E-state index in [0.29, 0.717) is 28.4 Å². The van der Waals surface area contributed by atoms with Gasteiger partial charge in [0.05, 0.1) is 23.7 Å². The van der Waals surface area contributed by atoms with Crippen LogP contribution in [0.3, 0.4) is 0 Å². The standard InChI is InChI=1S/C15H11NO3.C8H19NO5/c17-14(18)9-16-12-7-3-1-5-10(12)15(19)11-6-2-4-8-13(11)16;1-2-9-3-5(11)7(13)8(14)6(12)4-10/h1-8H,9H2,(H,17,18);5-14H,2-4H2,1H3/t;5-,6+,7+,8-/m.0/s1. The van der Waals surface area contributed by atoms with Crippen LogP contribution in [0, 0.1) is 0 Å². The van der Waals surface area contributed by atoms with Crippen LogP contribution < -0.4 is 10.7 Å². The molecule has 0 saturated carbocycles. The summed E-state index contributed by atoms with van der Waals surface area (Å²) < 4.78 is 1.66. The van der Waals surface area contributed by atoms with Crippen LogP contribution in [0.5, 0.6) is 0 Å². The molecule has 10 heteroatoms. The third kappa shape index (κ3) is 6.57. The zero-order valence-corrected chi connectivity index (χ0v) is 18.2. The smallest absolute Gasteiger partial charge is 0.323 e. The van der Waals surface area contributed by atoms with Crippen molar-refractivity contribution in [1.82, 2.24) is 9.88 Å². The summed E-state index contributed by atoms with van der Waals surface area (Å²) in [7, 11) is 0.